The number of aryl methyl sites for hydroxylation is 1. The van der Waals surface area contributed by atoms with Crippen LogP contribution in [0.1, 0.15) is 24.0 Å². The smallest absolute Gasteiger partial charge is 0.127 e. The lowest BCUT2D eigenvalue weighted by Gasteiger charge is -2.18. The number of para-hydroxylation sites is 2. The van der Waals surface area contributed by atoms with Gasteiger partial charge in [-0.2, -0.15) is 0 Å². The highest BCUT2D eigenvalue weighted by atomic mass is 35.5. The van der Waals surface area contributed by atoms with Crippen LogP contribution < -0.4 is 0 Å². The van der Waals surface area contributed by atoms with Crippen LogP contribution in [0.25, 0.3) is 11.0 Å². The van der Waals surface area contributed by atoms with Gasteiger partial charge in [0.25, 0.3) is 0 Å². The van der Waals surface area contributed by atoms with Crippen molar-refractivity contribution in [3.8, 4) is 0 Å². The van der Waals surface area contributed by atoms with E-state index in [0.29, 0.717) is 0 Å². The van der Waals surface area contributed by atoms with Gasteiger partial charge in [-0.1, -0.05) is 12.1 Å². The van der Waals surface area contributed by atoms with Crippen LogP contribution in [0.3, 0.4) is 0 Å². The van der Waals surface area contributed by atoms with Gasteiger partial charge < -0.3 is 4.57 Å². The van der Waals surface area contributed by atoms with E-state index in [1.54, 1.807) is 0 Å². The summed E-state index contributed by atoms with van der Waals surface area (Å²) in [6, 6.07) is 8.23. The van der Waals surface area contributed by atoms with E-state index < -0.39 is 0 Å². The fourth-order valence-electron chi connectivity index (χ4n) is 2.13. The van der Waals surface area contributed by atoms with Crippen LogP contribution >= 0.6 is 11.6 Å². The van der Waals surface area contributed by atoms with Crippen molar-refractivity contribution in [1.82, 2.24) is 9.55 Å². The van der Waals surface area contributed by atoms with Crippen LogP contribution in [-0.4, -0.2) is 9.55 Å². The maximum atomic E-state index is 6.24. The first kappa shape index (κ1) is 8.30. The molecule has 0 radical (unpaired) electrons. The Morgan fingerprint density at radius 1 is 1.36 bits per heavy atom. The molecular weight excluding hydrogens is 196 g/mol. The van der Waals surface area contributed by atoms with Gasteiger partial charge in [-0.15, -0.1) is 11.6 Å². The van der Waals surface area contributed by atoms with E-state index in [-0.39, 0.29) is 5.38 Å². The molecule has 1 unspecified atom stereocenters. The third-order valence-electron chi connectivity index (χ3n) is 2.80. The third-order valence-corrected chi connectivity index (χ3v) is 3.22. The fourth-order valence-corrected chi connectivity index (χ4v) is 2.45. The number of fused-ring (bicyclic) bond motifs is 3. The van der Waals surface area contributed by atoms with E-state index in [2.05, 4.69) is 21.7 Å². The Labute approximate surface area is 87.5 Å². The highest BCUT2D eigenvalue weighted by Crippen LogP contribution is 2.32. The van der Waals surface area contributed by atoms with Crippen molar-refractivity contribution >= 4 is 22.6 Å². The van der Waals surface area contributed by atoms with E-state index in [0.717, 1.165) is 30.7 Å². The zero-order valence-electron chi connectivity index (χ0n) is 7.78. The number of imidazole rings is 1. The lowest BCUT2D eigenvalue weighted by Crippen LogP contribution is -2.12. The Bertz CT molecular complexity index is 475. The lowest BCUT2D eigenvalue weighted by molar-refractivity contribution is 0.521. The summed E-state index contributed by atoms with van der Waals surface area (Å²) in [5.41, 5.74) is 2.28. The summed E-state index contributed by atoms with van der Waals surface area (Å²) < 4.78 is 2.25. The molecule has 3 rings (SSSR count). The van der Waals surface area contributed by atoms with Gasteiger partial charge in [-0.3, -0.25) is 0 Å². The van der Waals surface area contributed by atoms with Crippen LogP contribution in [0.4, 0.5) is 0 Å². The zero-order chi connectivity index (χ0) is 9.54. The Balaban J connectivity index is 2.32. The molecule has 0 spiro atoms. The van der Waals surface area contributed by atoms with Crippen molar-refractivity contribution in [1.29, 1.82) is 0 Å². The number of aromatic nitrogens is 2. The number of hydrogen-bond donors (Lipinski definition) is 0. The SMILES string of the molecule is ClC1CCCn2c1nc1ccccc12. The van der Waals surface area contributed by atoms with Gasteiger partial charge >= 0.3 is 0 Å². The van der Waals surface area contributed by atoms with E-state index in [1.807, 2.05) is 12.1 Å². The molecule has 1 aliphatic rings. The monoisotopic (exact) mass is 206 g/mol. The van der Waals surface area contributed by atoms with Crippen LogP contribution in [0.5, 0.6) is 0 Å². The molecule has 1 aromatic carbocycles. The van der Waals surface area contributed by atoms with Gasteiger partial charge in [0.2, 0.25) is 0 Å². The van der Waals surface area contributed by atoms with E-state index >= 15 is 0 Å². The maximum absolute atomic E-state index is 6.24. The minimum atomic E-state index is 0.0937. The molecule has 14 heavy (non-hydrogen) atoms. The van der Waals surface area contributed by atoms with Crippen molar-refractivity contribution in [2.45, 2.75) is 24.8 Å². The Hall–Kier alpha value is -1.02. The molecule has 0 fully saturated rings. The highest BCUT2D eigenvalue weighted by molar-refractivity contribution is 6.20. The second-order valence-electron chi connectivity index (χ2n) is 3.72. The summed E-state index contributed by atoms with van der Waals surface area (Å²) in [6.45, 7) is 1.05. The third kappa shape index (κ3) is 1.07. The van der Waals surface area contributed by atoms with Gasteiger partial charge in [-0.05, 0) is 25.0 Å². The van der Waals surface area contributed by atoms with Crippen molar-refractivity contribution in [3.63, 3.8) is 0 Å². The zero-order valence-corrected chi connectivity index (χ0v) is 8.54. The molecule has 0 saturated heterocycles. The lowest BCUT2D eigenvalue weighted by atomic mass is 10.1. The highest BCUT2D eigenvalue weighted by Gasteiger charge is 2.21. The Kier molecular flexibility index (Phi) is 1.77. The van der Waals surface area contributed by atoms with E-state index in [1.165, 1.54) is 5.52 Å². The molecule has 1 aliphatic heterocycles. The van der Waals surface area contributed by atoms with Crippen molar-refractivity contribution in [2.75, 3.05) is 0 Å². The second-order valence-corrected chi connectivity index (χ2v) is 4.25. The van der Waals surface area contributed by atoms with Gasteiger partial charge in [-0.25, -0.2) is 4.98 Å². The van der Waals surface area contributed by atoms with Gasteiger partial charge in [0.05, 0.1) is 16.4 Å². The molecule has 2 aromatic rings. The normalized spacial score (nSPS) is 21.1. The molecule has 1 atom stereocenters. The van der Waals surface area contributed by atoms with E-state index in [9.17, 15) is 0 Å². The molecule has 2 nitrogen and oxygen atoms in total. The first-order valence-corrected chi connectivity index (χ1v) is 5.39. The minimum Gasteiger partial charge on any atom is -0.327 e. The van der Waals surface area contributed by atoms with Crippen molar-refractivity contribution in [2.24, 2.45) is 0 Å². The number of halogens is 1. The van der Waals surface area contributed by atoms with Gasteiger partial charge in [0, 0.05) is 6.54 Å². The standard InChI is InChI=1S/C11H11ClN2/c12-8-4-3-7-14-10-6-2-1-5-9(10)13-11(8)14/h1-2,5-6,8H,3-4,7H2. The van der Waals surface area contributed by atoms with Crippen LogP contribution in [0.2, 0.25) is 0 Å². The number of hydrogen-bond acceptors (Lipinski definition) is 1. The Morgan fingerprint density at radius 2 is 2.21 bits per heavy atom. The number of nitrogens with zero attached hydrogens (tertiary/aromatic N) is 2. The quantitative estimate of drug-likeness (QED) is 0.606. The number of rotatable bonds is 0. The van der Waals surface area contributed by atoms with Gasteiger partial charge in [0.15, 0.2) is 0 Å². The van der Waals surface area contributed by atoms with Crippen molar-refractivity contribution < 1.29 is 0 Å². The molecule has 3 heteroatoms. The summed E-state index contributed by atoms with van der Waals surface area (Å²) in [7, 11) is 0. The summed E-state index contributed by atoms with van der Waals surface area (Å²) in [5, 5.41) is 0.0937. The molecule has 1 aromatic heterocycles. The predicted molar refractivity (Wildman–Crippen MR) is 57.6 cm³/mol. The molecule has 0 aliphatic carbocycles. The minimum absolute atomic E-state index is 0.0937. The molecule has 0 bridgehead atoms. The molecule has 0 N–H and O–H groups in total. The van der Waals surface area contributed by atoms with E-state index in [4.69, 9.17) is 11.6 Å². The molecular formula is C11H11ClN2. The van der Waals surface area contributed by atoms with Crippen LogP contribution in [0.15, 0.2) is 24.3 Å². The molecule has 2 heterocycles. The topological polar surface area (TPSA) is 17.8 Å². The first-order chi connectivity index (χ1) is 6.86. The first-order valence-electron chi connectivity index (χ1n) is 4.95. The molecule has 0 saturated carbocycles. The van der Waals surface area contributed by atoms with Crippen LogP contribution in [-0.2, 0) is 6.54 Å². The average Bonchev–Trinajstić information content (AvgIpc) is 2.59. The largest absolute Gasteiger partial charge is 0.327 e. The number of benzene rings is 1. The Morgan fingerprint density at radius 3 is 3.14 bits per heavy atom. The number of alkyl halides is 1. The van der Waals surface area contributed by atoms with Crippen LogP contribution in [0, 0.1) is 0 Å². The predicted octanol–water partition coefficient (Wildman–Crippen LogP) is 3.11. The maximum Gasteiger partial charge on any atom is 0.127 e. The summed E-state index contributed by atoms with van der Waals surface area (Å²) in [5.74, 6) is 1.04. The molecule has 0 amide bonds. The van der Waals surface area contributed by atoms with Gasteiger partial charge in [0.1, 0.15) is 5.82 Å². The summed E-state index contributed by atoms with van der Waals surface area (Å²) in [4.78, 5) is 4.57. The van der Waals surface area contributed by atoms with Crippen molar-refractivity contribution in [3.05, 3.63) is 30.1 Å². The fraction of sp³-hybridized carbons (Fsp3) is 0.364. The summed E-state index contributed by atoms with van der Waals surface area (Å²) >= 11 is 6.24. The molecule has 72 valence electrons. The second kappa shape index (κ2) is 2.99. The average molecular weight is 207 g/mol. The summed E-state index contributed by atoms with van der Waals surface area (Å²) in [6.07, 6.45) is 2.20.